The van der Waals surface area contributed by atoms with Crippen molar-refractivity contribution in [1.29, 1.82) is 0 Å². The standard InChI is InChI=1S/C23H47O/c1-3-5-7-8-9-10-11-12-13-14-15-16-17-18-19-20-21-23-24-22-6-4-2/h1,3-23H2,2H3. The molecule has 0 aromatic carbocycles. The second-order valence-corrected chi connectivity index (χ2v) is 7.48. The van der Waals surface area contributed by atoms with E-state index in [0.29, 0.717) is 0 Å². The van der Waals surface area contributed by atoms with Crippen LogP contribution in [-0.2, 0) is 4.74 Å². The minimum absolute atomic E-state index is 0.965. The molecule has 0 N–H and O–H groups in total. The van der Waals surface area contributed by atoms with Gasteiger partial charge in [-0.3, -0.25) is 0 Å². The van der Waals surface area contributed by atoms with E-state index < -0.39 is 0 Å². The molecule has 145 valence electrons. The highest BCUT2D eigenvalue weighted by atomic mass is 16.5. The van der Waals surface area contributed by atoms with Crippen LogP contribution in [0.15, 0.2) is 0 Å². The molecule has 0 aliphatic heterocycles. The van der Waals surface area contributed by atoms with Gasteiger partial charge >= 0.3 is 0 Å². The Bertz CT molecular complexity index is 180. The monoisotopic (exact) mass is 339 g/mol. The Morgan fingerprint density at radius 2 is 0.792 bits per heavy atom. The molecule has 1 heteroatoms. The van der Waals surface area contributed by atoms with E-state index >= 15 is 0 Å². The predicted molar refractivity (Wildman–Crippen MR) is 110 cm³/mol. The minimum atomic E-state index is 0.965. The van der Waals surface area contributed by atoms with Crippen molar-refractivity contribution in [3.05, 3.63) is 6.92 Å². The van der Waals surface area contributed by atoms with Crippen LogP contribution in [0.25, 0.3) is 0 Å². The molecular formula is C23H47O. The Morgan fingerprint density at radius 3 is 1.17 bits per heavy atom. The highest BCUT2D eigenvalue weighted by Crippen LogP contribution is 2.14. The lowest BCUT2D eigenvalue weighted by Gasteiger charge is -2.04. The average molecular weight is 340 g/mol. The summed E-state index contributed by atoms with van der Waals surface area (Å²) < 4.78 is 5.60. The molecule has 1 radical (unpaired) electrons. The first-order chi connectivity index (χ1) is 11.9. The molecule has 0 amide bonds. The van der Waals surface area contributed by atoms with Gasteiger partial charge in [0.1, 0.15) is 0 Å². The van der Waals surface area contributed by atoms with Crippen LogP contribution in [0, 0.1) is 6.92 Å². The van der Waals surface area contributed by atoms with Crippen LogP contribution in [0.5, 0.6) is 0 Å². The highest BCUT2D eigenvalue weighted by molar-refractivity contribution is 4.50. The van der Waals surface area contributed by atoms with E-state index in [-0.39, 0.29) is 0 Å². The van der Waals surface area contributed by atoms with Crippen molar-refractivity contribution < 1.29 is 4.74 Å². The SMILES string of the molecule is [CH2]CCCCCCCCCCCCCCCCCCOCCCC. The number of hydrogen-bond donors (Lipinski definition) is 0. The van der Waals surface area contributed by atoms with E-state index in [1.54, 1.807) is 0 Å². The topological polar surface area (TPSA) is 9.23 Å². The maximum Gasteiger partial charge on any atom is 0.0466 e. The first-order valence-corrected chi connectivity index (χ1v) is 11.3. The van der Waals surface area contributed by atoms with Crippen LogP contribution in [0.2, 0.25) is 0 Å². The van der Waals surface area contributed by atoms with E-state index in [0.717, 1.165) is 19.6 Å². The second-order valence-electron chi connectivity index (χ2n) is 7.48. The van der Waals surface area contributed by atoms with Crippen LogP contribution in [0.3, 0.4) is 0 Å². The normalized spacial score (nSPS) is 11.2. The van der Waals surface area contributed by atoms with Gasteiger partial charge in [0, 0.05) is 13.2 Å². The Balaban J connectivity index is 2.93. The molecule has 0 rings (SSSR count). The molecule has 24 heavy (non-hydrogen) atoms. The number of unbranched alkanes of at least 4 members (excludes halogenated alkanes) is 17. The molecule has 0 spiro atoms. The fourth-order valence-electron chi connectivity index (χ4n) is 3.20. The lowest BCUT2D eigenvalue weighted by Crippen LogP contribution is -1.96. The van der Waals surface area contributed by atoms with E-state index in [4.69, 9.17) is 4.74 Å². The summed E-state index contributed by atoms with van der Waals surface area (Å²) in [6, 6.07) is 0. The summed E-state index contributed by atoms with van der Waals surface area (Å²) in [6.07, 6.45) is 26.3. The smallest absolute Gasteiger partial charge is 0.0466 e. The quantitative estimate of drug-likeness (QED) is 0.191. The first-order valence-electron chi connectivity index (χ1n) is 11.3. The van der Waals surface area contributed by atoms with Gasteiger partial charge in [-0.15, -0.1) is 0 Å². The van der Waals surface area contributed by atoms with E-state index in [9.17, 15) is 0 Å². The number of rotatable bonds is 21. The maximum atomic E-state index is 5.60. The molecule has 1 nitrogen and oxygen atoms in total. The third kappa shape index (κ3) is 22.0. The van der Waals surface area contributed by atoms with Crippen LogP contribution in [-0.4, -0.2) is 13.2 Å². The van der Waals surface area contributed by atoms with Crippen LogP contribution in [0.1, 0.15) is 129 Å². The minimum Gasteiger partial charge on any atom is -0.381 e. The third-order valence-electron chi connectivity index (χ3n) is 4.93. The maximum absolute atomic E-state index is 5.60. The van der Waals surface area contributed by atoms with Crippen molar-refractivity contribution in [2.45, 2.75) is 129 Å². The van der Waals surface area contributed by atoms with Crippen molar-refractivity contribution in [2.24, 2.45) is 0 Å². The third-order valence-corrected chi connectivity index (χ3v) is 4.93. The lowest BCUT2D eigenvalue weighted by molar-refractivity contribution is 0.127. The molecule has 0 unspecified atom stereocenters. The molecular weight excluding hydrogens is 292 g/mol. The summed E-state index contributed by atoms with van der Waals surface area (Å²) in [6.45, 7) is 8.07. The molecule has 0 aromatic heterocycles. The Hall–Kier alpha value is -0.0400. The molecule has 0 bridgehead atoms. The van der Waals surface area contributed by atoms with Crippen LogP contribution >= 0.6 is 0 Å². The fraction of sp³-hybridized carbons (Fsp3) is 0.957. The van der Waals surface area contributed by atoms with Gasteiger partial charge < -0.3 is 4.74 Å². The van der Waals surface area contributed by atoms with Crippen molar-refractivity contribution >= 4 is 0 Å². The van der Waals surface area contributed by atoms with Gasteiger partial charge in [0.25, 0.3) is 0 Å². The Labute approximate surface area is 154 Å². The van der Waals surface area contributed by atoms with Crippen molar-refractivity contribution in [2.75, 3.05) is 13.2 Å². The molecule has 0 heterocycles. The summed E-state index contributed by atoms with van der Waals surface area (Å²) in [5.41, 5.74) is 0. The van der Waals surface area contributed by atoms with Gasteiger partial charge in [0.2, 0.25) is 0 Å². The molecule has 0 aliphatic rings. The molecule has 0 saturated carbocycles. The molecule has 0 aliphatic carbocycles. The Kier molecular flexibility index (Phi) is 22.9. The zero-order valence-electron chi connectivity index (χ0n) is 17.0. The zero-order chi connectivity index (χ0) is 17.6. The Morgan fingerprint density at radius 1 is 0.458 bits per heavy atom. The molecule has 0 aromatic rings. The van der Waals surface area contributed by atoms with Gasteiger partial charge in [-0.25, -0.2) is 0 Å². The largest absolute Gasteiger partial charge is 0.381 e. The number of hydrogen-bond acceptors (Lipinski definition) is 1. The van der Waals surface area contributed by atoms with E-state index in [1.807, 2.05) is 0 Å². The summed E-state index contributed by atoms with van der Waals surface area (Å²) in [5.74, 6) is 0. The van der Waals surface area contributed by atoms with Gasteiger partial charge in [0.15, 0.2) is 0 Å². The summed E-state index contributed by atoms with van der Waals surface area (Å²) in [4.78, 5) is 0. The van der Waals surface area contributed by atoms with Gasteiger partial charge in [0.05, 0.1) is 0 Å². The highest BCUT2D eigenvalue weighted by Gasteiger charge is 1.95. The summed E-state index contributed by atoms with van der Waals surface area (Å²) >= 11 is 0. The zero-order valence-corrected chi connectivity index (χ0v) is 17.0. The fourth-order valence-corrected chi connectivity index (χ4v) is 3.20. The average Bonchev–Trinajstić information content (AvgIpc) is 2.60. The van der Waals surface area contributed by atoms with Crippen molar-refractivity contribution in [3.8, 4) is 0 Å². The number of ether oxygens (including phenoxy) is 1. The second kappa shape index (κ2) is 23.0. The van der Waals surface area contributed by atoms with Crippen LogP contribution in [0.4, 0.5) is 0 Å². The molecule has 0 atom stereocenters. The molecule has 0 fully saturated rings. The lowest BCUT2D eigenvalue weighted by atomic mass is 10.0. The predicted octanol–water partition coefficient (Wildman–Crippen LogP) is 8.27. The van der Waals surface area contributed by atoms with E-state index in [2.05, 4.69) is 13.8 Å². The van der Waals surface area contributed by atoms with Crippen molar-refractivity contribution in [3.63, 3.8) is 0 Å². The van der Waals surface area contributed by atoms with Gasteiger partial charge in [-0.1, -0.05) is 123 Å². The summed E-state index contributed by atoms with van der Waals surface area (Å²) in [5, 5.41) is 0. The summed E-state index contributed by atoms with van der Waals surface area (Å²) in [7, 11) is 0. The van der Waals surface area contributed by atoms with Gasteiger partial charge in [-0.05, 0) is 12.8 Å². The van der Waals surface area contributed by atoms with Gasteiger partial charge in [-0.2, -0.15) is 0 Å². The van der Waals surface area contributed by atoms with E-state index in [1.165, 1.54) is 116 Å². The first kappa shape index (κ1) is 24.0. The molecule has 0 saturated heterocycles. The van der Waals surface area contributed by atoms with Crippen molar-refractivity contribution in [1.82, 2.24) is 0 Å². The van der Waals surface area contributed by atoms with Crippen LogP contribution < -0.4 is 0 Å².